The van der Waals surface area contributed by atoms with Crippen LogP contribution in [-0.2, 0) is 4.74 Å². The van der Waals surface area contributed by atoms with Crippen LogP contribution in [0.4, 0.5) is 4.79 Å². The summed E-state index contributed by atoms with van der Waals surface area (Å²) in [6, 6.07) is 5.86. The van der Waals surface area contributed by atoms with E-state index in [2.05, 4.69) is 26.5 Å². The first-order chi connectivity index (χ1) is 19.0. The first-order valence-corrected chi connectivity index (χ1v) is 13.2. The van der Waals surface area contributed by atoms with Gasteiger partial charge in [-0.2, -0.15) is 25.7 Å². The summed E-state index contributed by atoms with van der Waals surface area (Å²) < 4.78 is 13.4. The van der Waals surface area contributed by atoms with Gasteiger partial charge >= 0.3 is 6.09 Å². The molecule has 2 N–H and O–H groups in total. The Labute approximate surface area is 233 Å². The Hall–Kier alpha value is -4.53. The van der Waals surface area contributed by atoms with Crippen LogP contribution >= 0.6 is 0 Å². The van der Waals surface area contributed by atoms with Gasteiger partial charge in [0.2, 0.25) is 0 Å². The molecule has 1 aliphatic rings. The van der Waals surface area contributed by atoms with Gasteiger partial charge in [0, 0.05) is 24.8 Å². The fourth-order valence-corrected chi connectivity index (χ4v) is 4.54. The maximum atomic E-state index is 12.4. The lowest BCUT2D eigenvalue weighted by molar-refractivity contribution is 0.0207. The zero-order chi connectivity index (χ0) is 29.0. The standard InChI is InChI=1S/C28H35N9O3/c1-17-11-23(35-31-14-17)19(3)39-24-12-20(16-37-26(24)21(13-29)15-32-37)25(34-30)18(2)33-22-7-9-36(10-8-22)27(38)40-28(4,5)6/h11-12,14-16,19,22H,7-10,30H2,1-6H3/b33-18?,34-25+. The highest BCUT2D eigenvalue weighted by molar-refractivity contribution is 6.47. The van der Waals surface area contributed by atoms with E-state index in [1.807, 2.05) is 47.6 Å². The first kappa shape index (κ1) is 28.5. The van der Waals surface area contributed by atoms with Gasteiger partial charge in [0.05, 0.1) is 24.1 Å². The lowest BCUT2D eigenvalue weighted by atomic mass is 10.0. The zero-order valence-electron chi connectivity index (χ0n) is 23.7. The van der Waals surface area contributed by atoms with Gasteiger partial charge in [0.1, 0.15) is 46.0 Å². The summed E-state index contributed by atoms with van der Waals surface area (Å²) in [5.74, 6) is 6.29. The second-order valence-corrected chi connectivity index (χ2v) is 10.9. The summed E-state index contributed by atoms with van der Waals surface area (Å²) in [5.41, 5.74) is 3.73. The van der Waals surface area contributed by atoms with Crippen LogP contribution in [0.25, 0.3) is 5.52 Å². The molecular weight excluding hydrogens is 510 g/mol. The highest BCUT2D eigenvalue weighted by Gasteiger charge is 2.27. The lowest BCUT2D eigenvalue weighted by Crippen LogP contribution is -2.42. The smallest absolute Gasteiger partial charge is 0.410 e. The monoisotopic (exact) mass is 545 g/mol. The Kier molecular flexibility index (Phi) is 8.32. The number of carbonyl (C=O) groups excluding carboxylic acids is 1. The molecule has 12 nitrogen and oxygen atoms in total. The van der Waals surface area contributed by atoms with E-state index < -0.39 is 11.7 Å². The largest absolute Gasteiger partial charge is 0.482 e. The summed E-state index contributed by atoms with van der Waals surface area (Å²) in [6.45, 7) is 12.3. The molecule has 1 atom stereocenters. The molecule has 12 heteroatoms. The van der Waals surface area contributed by atoms with Crippen LogP contribution in [0.3, 0.4) is 0 Å². The molecule has 0 spiro atoms. The van der Waals surface area contributed by atoms with E-state index in [9.17, 15) is 10.1 Å². The highest BCUT2D eigenvalue weighted by atomic mass is 16.6. The Bertz CT molecular complexity index is 1490. The van der Waals surface area contributed by atoms with Crippen LogP contribution in [0.15, 0.2) is 40.8 Å². The number of carbonyl (C=O) groups is 1. The third kappa shape index (κ3) is 6.54. The molecule has 3 aromatic heterocycles. The van der Waals surface area contributed by atoms with Crippen molar-refractivity contribution in [2.24, 2.45) is 15.9 Å². The summed E-state index contributed by atoms with van der Waals surface area (Å²) in [4.78, 5) is 19.0. The molecule has 4 heterocycles. The third-order valence-electron chi connectivity index (χ3n) is 6.47. The number of piperidine rings is 1. The van der Waals surface area contributed by atoms with Gasteiger partial charge in [-0.05, 0) is 72.1 Å². The molecule has 3 aromatic rings. The average molecular weight is 546 g/mol. The van der Waals surface area contributed by atoms with Gasteiger partial charge in [-0.3, -0.25) is 4.99 Å². The van der Waals surface area contributed by atoms with E-state index in [1.54, 1.807) is 27.9 Å². The van der Waals surface area contributed by atoms with Crippen molar-refractivity contribution in [3.63, 3.8) is 0 Å². The molecule has 1 saturated heterocycles. The number of pyridine rings is 1. The van der Waals surface area contributed by atoms with Gasteiger partial charge in [-0.1, -0.05) is 0 Å². The molecule has 40 heavy (non-hydrogen) atoms. The number of hydrogen-bond acceptors (Lipinski definition) is 10. The molecule has 1 aliphatic heterocycles. The first-order valence-electron chi connectivity index (χ1n) is 13.2. The fraction of sp³-hybridized carbons (Fsp3) is 0.464. The second kappa shape index (κ2) is 11.7. The maximum absolute atomic E-state index is 12.4. The van der Waals surface area contributed by atoms with E-state index in [0.717, 1.165) is 5.56 Å². The molecule has 1 amide bonds. The molecular formula is C28H35N9O3. The minimum absolute atomic E-state index is 0.00435. The van der Waals surface area contributed by atoms with Gasteiger partial charge in [0.25, 0.3) is 0 Å². The molecule has 4 rings (SSSR count). The molecule has 1 unspecified atom stereocenters. The van der Waals surface area contributed by atoms with E-state index in [1.165, 1.54) is 6.20 Å². The molecule has 0 bridgehead atoms. The quantitative estimate of drug-likeness (QED) is 0.277. The van der Waals surface area contributed by atoms with Gasteiger partial charge in [0.15, 0.2) is 0 Å². The molecule has 210 valence electrons. The molecule has 0 radical (unpaired) electrons. The normalized spacial score (nSPS) is 16.1. The number of hydrogen-bond donors (Lipinski definition) is 1. The number of nitrogens with two attached hydrogens (primary N) is 1. The van der Waals surface area contributed by atoms with Crippen LogP contribution in [-0.4, -0.2) is 67.0 Å². The Balaban J connectivity index is 1.58. The van der Waals surface area contributed by atoms with Crippen LogP contribution in [0, 0.1) is 18.3 Å². The zero-order valence-corrected chi connectivity index (χ0v) is 23.7. The van der Waals surface area contributed by atoms with Gasteiger partial charge in [-0.15, -0.1) is 0 Å². The molecule has 0 aromatic carbocycles. The number of rotatable bonds is 6. The van der Waals surface area contributed by atoms with E-state index >= 15 is 0 Å². The summed E-state index contributed by atoms with van der Waals surface area (Å²) >= 11 is 0. The van der Waals surface area contributed by atoms with E-state index in [-0.39, 0.29) is 12.1 Å². The number of fused-ring (bicyclic) bond motifs is 1. The van der Waals surface area contributed by atoms with Crippen LogP contribution in [0.1, 0.15) is 75.9 Å². The average Bonchev–Trinajstić information content (AvgIpc) is 3.32. The van der Waals surface area contributed by atoms with Crippen molar-refractivity contribution < 1.29 is 14.3 Å². The van der Waals surface area contributed by atoms with Crippen molar-refractivity contribution in [1.82, 2.24) is 24.7 Å². The number of aromatic nitrogens is 4. The molecule has 0 saturated carbocycles. The predicted molar refractivity (Wildman–Crippen MR) is 150 cm³/mol. The highest BCUT2D eigenvalue weighted by Crippen LogP contribution is 2.30. The Morgan fingerprint density at radius 1 is 1.25 bits per heavy atom. The fourth-order valence-electron chi connectivity index (χ4n) is 4.54. The van der Waals surface area contributed by atoms with Crippen LogP contribution in [0.5, 0.6) is 5.75 Å². The van der Waals surface area contributed by atoms with Crippen molar-refractivity contribution >= 4 is 23.0 Å². The van der Waals surface area contributed by atoms with Crippen LogP contribution < -0.4 is 10.6 Å². The Morgan fingerprint density at radius 3 is 2.60 bits per heavy atom. The number of amides is 1. The topological polar surface area (TPSA) is 156 Å². The molecule has 0 aliphatic carbocycles. The SMILES string of the molecule is CC(=NC1CCN(C(=O)OC(C)(C)C)CC1)/C(=N\N)c1cc(OC(C)c2cc(C)cnn2)c2c(C#N)cnn2c1. The summed E-state index contributed by atoms with van der Waals surface area (Å²) in [7, 11) is 0. The van der Waals surface area contributed by atoms with E-state index in [0.29, 0.717) is 65.4 Å². The van der Waals surface area contributed by atoms with Crippen molar-refractivity contribution in [3.8, 4) is 11.8 Å². The summed E-state index contributed by atoms with van der Waals surface area (Å²) in [6.07, 6.45) is 5.54. The van der Waals surface area contributed by atoms with E-state index in [4.69, 9.17) is 20.3 Å². The second-order valence-electron chi connectivity index (χ2n) is 10.9. The number of aryl methyl sites for hydroxylation is 1. The Morgan fingerprint density at radius 2 is 1.98 bits per heavy atom. The number of aliphatic imine (C=N–C) groups is 1. The summed E-state index contributed by atoms with van der Waals surface area (Å²) in [5, 5.41) is 26.3. The minimum atomic E-state index is -0.535. The number of nitrogens with zero attached hydrogens (tertiary/aromatic N) is 8. The minimum Gasteiger partial charge on any atom is -0.482 e. The maximum Gasteiger partial charge on any atom is 0.410 e. The van der Waals surface area contributed by atoms with Crippen molar-refractivity contribution in [1.29, 1.82) is 5.26 Å². The van der Waals surface area contributed by atoms with Crippen molar-refractivity contribution in [2.75, 3.05) is 13.1 Å². The number of nitriles is 1. The van der Waals surface area contributed by atoms with Gasteiger partial charge in [-0.25, -0.2) is 9.31 Å². The number of likely N-dealkylation sites (tertiary alicyclic amines) is 1. The van der Waals surface area contributed by atoms with Crippen molar-refractivity contribution in [3.05, 3.63) is 53.1 Å². The lowest BCUT2D eigenvalue weighted by Gasteiger charge is -2.32. The van der Waals surface area contributed by atoms with Crippen LogP contribution in [0.2, 0.25) is 0 Å². The number of hydrazone groups is 1. The van der Waals surface area contributed by atoms with Crippen molar-refractivity contribution in [2.45, 2.75) is 72.1 Å². The predicted octanol–water partition coefficient (Wildman–Crippen LogP) is 3.97. The third-order valence-corrected chi connectivity index (χ3v) is 6.47. The molecule has 1 fully saturated rings. The van der Waals surface area contributed by atoms with Gasteiger partial charge < -0.3 is 20.2 Å². The number of ether oxygens (including phenoxy) is 2.